The number of carbonyl (C=O) groups is 1. The summed E-state index contributed by atoms with van der Waals surface area (Å²) >= 11 is 0. The first-order valence-corrected chi connectivity index (χ1v) is 9.95. The number of aromatic nitrogens is 3. The molecular weight excluding hydrogens is 338 g/mol. The highest BCUT2D eigenvalue weighted by Crippen LogP contribution is 2.25. The smallest absolute Gasteiger partial charge is 0.227 e. The fourth-order valence-electron chi connectivity index (χ4n) is 3.55. The van der Waals surface area contributed by atoms with Gasteiger partial charge in [-0.2, -0.15) is 10.1 Å². The van der Waals surface area contributed by atoms with E-state index in [0.717, 1.165) is 31.8 Å². The molecule has 1 saturated heterocycles. The van der Waals surface area contributed by atoms with Crippen LogP contribution in [0, 0.1) is 0 Å². The Balaban J connectivity index is 1.59. The second-order valence-corrected chi connectivity index (χ2v) is 7.92. The van der Waals surface area contributed by atoms with E-state index in [1.54, 1.807) is 4.68 Å². The van der Waals surface area contributed by atoms with Crippen molar-refractivity contribution in [3.63, 3.8) is 0 Å². The minimum atomic E-state index is -0.0252. The van der Waals surface area contributed by atoms with Gasteiger partial charge in [0.15, 0.2) is 5.82 Å². The molecule has 6 nitrogen and oxygen atoms in total. The molecular formula is C21H31N5O. The van der Waals surface area contributed by atoms with Gasteiger partial charge in [-0.15, -0.1) is 0 Å². The predicted molar refractivity (Wildman–Crippen MR) is 108 cm³/mol. The van der Waals surface area contributed by atoms with Gasteiger partial charge in [0, 0.05) is 19.4 Å². The first kappa shape index (κ1) is 19.5. The lowest BCUT2D eigenvalue weighted by Gasteiger charge is -2.19. The molecule has 0 aliphatic carbocycles. The van der Waals surface area contributed by atoms with E-state index < -0.39 is 0 Å². The van der Waals surface area contributed by atoms with Gasteiger partial charge in [0.05, 0.1) is 0 Å². The van der Waals surface area contributed by atoms with Crippen molar-refractivity contribution in [2.24, 2.45) is 7.05 Å². The number of nitrogens with zero attached hydrogens (tertiary/aromatic N) is 3. The van der Waals surface area contributed by atoms with E-state index in [2.05, 4.69) is 65.8 Å². The molecule has 146 valence electrons. The summed E-state index contributed by atoms with van der Waals surface area (Å²) in [4.78, 5) is 17.1. The third-order valence-corrected chi connectivity index (χ3v) is 5.40. The molecule has 0 saturated carbocycles. The molecule has 1 aromatic carbocycles. The molecule has 1 unspecified atom stereocenters. The summed E-state index contributed by atoms with van der Waals surface area (Å²) in [5.41, 5.74) is 2.50. The number of hydrogen-bond donors (Lipinski definition) is 2. The zero-order valence-electron chi connectivity index (χ0n) is 16.8. The molecule has 27 heavy (non-hydrogen) atoms. The van der Waals surface area contributed by atoms with E-state index in [-0.39, 0.29) is 11.8 Å². The van der Waals surface area contributed by atoms with E-state index in [0.29, 0.717) is 24.2 Å². The average molecular weight is 370 g/mol. The Labute approximate surface area is 161 Å². The minimum absolute atomic E-state index is 0.0252. The Morgan fingerprint density at radius 3 is 2.44 bits per heavy atom. The lowest BCUT2D eigenvalue weighted by molar-refractivity contribution is -0.116. The van der Waals surface area contributed by atoms with Crippen LogP contribution in [0.1, 0.15) is 74.7 Å². The number of aryl methyl sites for hydroxylation is 1. The van der Waals surface area contributed by atoms with Gasteiger partial charge in [-0.05, 0) is 48.9 Å². The highest BCUT2D eigenvalue weighted by molar-refractivity contribution is 5.89. The normalized spacial score (nSPS) is 16.5. The van der Waals surface area contributed by atoms with Crippen LogP contribution in [-0.4, -0.2) is 33.8 Å². The molecule has 1 fully saturated rings. The predicted octanol–water partition coefficient (Wildman–Crippen LogP) is 3.54. The Morgan fingerprint density at radius 2 is 1.81 bits per heavy atom. The van der Waals surface area contributed by atoms with Crippen LogP contribution < -0.4 is 10.6 Å². The lowest BCUT2D eigenvalue weighted by Crippen LogP contribution is -2.27. The van der Waals surface area contributed by atoms with Gasteiger partial charge in [0.1, 0.15) is 0 Å². The Hall–Kier alpha value is -2.21. The van der Waals surface area contributed by atoms with Gasteiger partial charge in [-0.3, -0.25) is 10.1 Å². The van der Waals surface area contributed by atoms with Crippen LogP contribution in [0.2, 0.25) is 0 Å². The summed E-state index contributed by atoms with van der Waals surface area (Å²) < 4.78 is 1.68. The van der Waals surface area contributed by atoms with Crippen molar-refractivity contribution in [1.82, 2.24) is 20.1 Å². The lowest BCUT2D eigenvalue weighted by atomic mass is 9.94. The average Bonchev–Trinajstić information content (AvgIpc) is 3.03. The highest BCUT2D eigenvalue weighted by Gasteiger charge is 2.21. The number of nitrogens with one attached hydrogen (secondary N) is 2. The Morgan fingerprint density at radius 1 is 1.19 bits per heavy atom. The summed E-state index contributed by atoms with van der Waals surface area (Å²) in [5, 5.41) is 10.8. The maximum atomic E-state index is 12.5. The standard InChI is InChI=1S/C21H31N5O/c1-14(2)16-5-7-17(8-6-16)15(3)13-19(27)23-21-24-20(25-26(21)4)18-9-11-22-12-10-18/h5-8,14-15,18,22H,9-13H2,1-4H3,(H,23,24,25,27). The van der Waals surface area contributed by atoms with E-state index in [1.807, 2.05) is 7.05 Å². The zero-order valence-corrected chi connectivity index (χ0v) is 16.8. The number of benzene rings is 1. The molecule has 1 atom stereocenters. The number of hydrogen-bond acceptors (Lipinski definition) is 4. The Kier molecular flexibility index (Phi) is 6.26. The van der Waals surface area contributed by atoms with Gasteiger partial charge in [0.2, 0.25) is 11.9 Å². The first-order chi connectivity index (χ1) is 12.9. The van der Waals surface area contributed by atoms with Crippen LogP contribution >= 0.6 is 0 Å². The quantitative estimate of drug-likeness (QED) is 0.817. The first-order valence-electron chi connectivity index (χ1n) is 9.95. The second kappa shape index (κ2) is 8.65. The van der Waals surface area contributed by atoms with E-state index in [9.17, 15) is 4.79 Å². The van der Waals surface area contributed by atoms with Crippen LogP contribution in [0.4, 0.5) is 5.95 Å². The molecule has 1 aliphatic heterocycles. The SMILES string of the molecule is CC(C)c1ccc(C(C)CC(=O)Nc2nc(C3CCNCC3)nn2C)cc1. The fourth-order valence-corrected chi connectivity index (χ4v) is 3.55. The zero-order chi connectivity index (χ0) is 19.4. The summed E-state index contributed by atoms with van der Waals surface area (Å²) in [7, 11) is 1.83. The molecule has 1 aromatic heterocycles. The van der Waals surface area contributed by atoms with Gasteiger partial charge in [-0.25, -0.2) is 4.68 Å². The second-order valence-electron chi connectivity index (χ2n) is 7.92. The molecule has 3 rings (SSSR count). The molecule has 2 heterocycles. The van der Waals surface area contributed by atoms with E-state index >= 15 is 0 Å². The van der Waals surface area contributed by atoms with Gasteiger partial charge < -0.3 is 5.32 Å². The van der Waals surface area contributed by atoms with Gasteiger partial charge >= 0.3 is 0 Å². The van der Waals surface area contributed by atoms with Crippen molar-refractivity contribution < 1.29 is 4.79 Å². The molecule has 2 N–H and O–H groups in total. The minimum Gasteiger partial charge on any atom is -0.317 e. The summed E-state index contributed by atoms with van der Waals surface area (Å²) in [6.07, 6.45) is 2.51. The maximum absolute atomic E-state index is 12.5. The van der Waals surface area contributed by atoms with Gasteiger partial charge in [0.25, 0.3) is 0 Å². The summed E-state index contributed by atoms with van der Waals surface area (Å²) in [5.74, 6) is 2.40. The molecule has 1 aliphatic rings. The summed E-state index contributed by atoms with van der Waals surface area (Å²) in [6, 6.07) is 8.57. The molecule has 6 heteroatoms. The molecule has 0 bridgehead atoms. The molecule has 0 spiro atoms. The van der Waals surface area contributed by atoms with Crippen LogP contribution in [0.25, 0.3) is 0 Å². The van der Waals surface area contributed by atoms with Crippen molar-refractivity contribution in [3.8, 4) is 0 Å². The van der Waals surface area contributed by atoms with Crippen LogP contribution in [-0.2, 0) is 11.8 Å². The van der Waals surface area contributed by atoms with Crippen molar-refractivity contribution in [2.45, 2.75) is 57.8 Å². The van der Waals surface area contributed by atoms with Crippen molar-refractivity contribution in [3.05, 3.63) is 41.2 Å². The molecule has 2 aromatic rings. The third kappa shape index (κ3) is 4.95. The van der Waals surface area contributed by atoms with Gasteiger partial charge in [-0.1, -0.05) is 45.0 Å². The van der Waals surface area contributed by atoms with Crippen molar-refractivity contribution >= 4 is 11.9 Å². The number of piperidine rings is 1. The fraction of sp³-hybridized carbons (Fsp3) is 0.571. The van der Waals surface area contributed by atoms with Crippen molar-refractivity contribution in [1.29, 1.82) is 0 Å². The third-order valence-electron chi connectivity index (χ3n) is 5.40. The largest absolute Gasteiger partial charge is 0.317 e. The molecule has 0 radical (unpaired) electrons. The van der Waals surface area contributed by atoms with Crippen molar-refractivity contribution in [2.75, 3.05) is 18.4 Å². The monoisotopic (exact) mass is 369 g/mol. The number of anilines is 1. The number of carbonyl (C=O) groups excluding carboxylic acids is 1. The van der Waals surface area contributed by atoms with Crippen LogP contribution in [0.15, 0.2) is 24.3 Å². The molecule has 1 amide bonds. The highest BCUT2D eigenvalue weighted by atomic mass is 16.1. The van der Waals surface area contributed by atoms with E-state index in [4.69, 9.17) is 0 Å². The van der Waals surface area contributed by atoms with Crippen LogP contribution in [0.3, 0.4) is 0 Å². The number of rotatable bonds is 6. The topological polar surface area (TPSA) is 71.8 Å². The van der Waals surface area contributed by atoms with E-state index in [1.165, 1.54) is 11.1 Å². The Bertz CT molecular complexity index is 759. The maximum Gasteiger partial charge on any atom is 0.227 e. The van der Waals surface area contributed by atoms with Crippen LogP contribution in [0.5, 0.6) is 0 Å². The summed E-state index contributed by atoms with van der Waals surface area (Å²) in [6.45, 7) is 8.45. The number of amides is 1.